The highest BCUT2D eigenvalue weighted by atomic mass is 19.4. The number of nitrogens with one attached hydrogen (secondary N) is 2. The van der Waals surface area contributed by atoms with Crippen molar-refractivity contribution in [1.29, 1.82) is 0 Å². The van der Waals surface area contributed by atoms with Gasteiger partial charge < -0.3 is 20.4 Å². The van der Waals surface area contributed by atoms with E-state index in [2.05, 4.69) is 5.32 Å². The van der Waals surface area contributed by atoms with Crippen LogP contribution in [-0.4, -0.2) is 61.9 Å². The third kappa shape index (κ3) is 6.29. The van der Waals surface area contributed by atoms with Gasteiger partial charge >= 0.3 is 12.1 Å². The standard InChI is InChI=1S/C24H21F7N4O4/c1-12(19(36)32-11-23(27,28)24(29,30)31)20(37)33-16-10-35(21(38)13-7-14(25)9-15(26)8-13)18-6-4-3-5-17(18)34(2)22(16)39/h3-9,12,16H,10-11H2,1-2H3,(H,32,36)(H,33,37). The van der Waals surface area contributed by atoms with Gasteiger partial charge in [0.2, 0.25) is 11.8 Å². The van der Waals surface area contributed by atoms with E-state index < -0.39 is 78.0 Å². The fraction of sp³-hybridized carbons (Fsp3) is 0.333. The van der Waals surface area contributed by atoms with Crippen molar-refractivity contribution in [1.82, 2.24) is 10.6 Å². The molecule has 4 amide bonds. The molecule has 0 aromatic heterocycles. The van der Waals surface area contributed by atoms with Gasteiger partial charge in [0.25, 0.3) is 11.8 Å². The zero-order chi connectivity index (χ0) is 29.3. The molecule has 0 aliphatic carbocycles. The minimum absolute atomic E-state index is 0.139. The zero-order valence-corrected chi connectivity index (χ0v) is 20.3. The van der Waals surface area contributed by atoms with Crippen molar-refractivity contribution >= 4 is 35.0 Å². The van der Waals surface area contributed by atoms with Crippen LogP contribution in [0.5, 0.6) is 0 Å². The molecular weight excluding hydrogens is 541 g/mol. The molecule has 1 aliphatic rings. The molecule has 2 aromatic rings. The Morgan fingerprint density at radius 3 is 2.10 bits per heavy atom. The number of amides is 4. The molecule has 8 nitrogen and oxygen atoms in total. The first-order valence-electron chi connectivity index (χ1n) is 11.2. The number of hydrogen-bond acceptors (Lipinski definition) is 4. The molecule has 2 aromatic carbocycles. The van der Waals surface area contributed by atoms with Gasteiger partial charge in [0.05, 0.1) is 24.5 Å². The molecule has 0 saturated heterocycles. The molecule has 2 unspecified atom stereocenters. The van der Waals surface area contributed by atoms with Gasteiger partial charge in [-0.15, -0.1) is 0 Å². The zero-order valence-electron chi connectivity index (χ0n) is 20.3. The van der Waals surface area contributed by atoms with Gasteiger partial charge in [-0.1, -0.05) is 12.1 Å². The fourth-order valence-corrected chi connectivity index (χ4v) is 3.69. The predicted molar refractivity (Wildman–Crippen MR) is 123 cm³/mol. The van der Waals surface area contributed by atoms with E-state index in [1.807, 2.05) is 0 Å². The molecule has 0 radical (unpaired) electrons. The van der Waals surface area contributed by atoms with Gasteiger partial charge in [-0.25, -0.2) is 8.78 Å². The Morgan fingerprint density at radius 1 is 0.974 bits per heavy atom. The lowest BCUT2D eigenvalue weighted by Crippen LogP contribution is -2.55. The summed E-state index contributed by atoms with van der Waals surface area (Å²) in [6.45, 7) is -1.78. The van der Waals surface area contributed by atoms with Gasteiger partial charge in [-0.2, -0.15) is 22.0 Å². The van der Waals surface area contributed by atoms with E-state index >= 15 is 0 Å². The Labute approximate surface area is 216 Å². The maximum Gasteiger partial charge on any atom is 0.455 e. The molecule has 0 spiro atoms. The number of anilines is 2. The van der Waals surface area contributed by atoms with Gasteiger partial charge in [-0.05, 0) is 31.2 Å². The summed E-state index contributed by atoms with van der Waals surface area (Å²) in [5.74, 6) is -13.6. The molecular formula is C24H21F7N4O4. The summed E-state index contributed by atoms with van der Waals surface area (Å²) in [5.41, 5.74) is -0.0905. The van der Waals surface area contributed by atoms with Crippen LogP contribution in [0.3, 0.4) is 0 Å². The first kappa shape index (κ1) is 29.4. The quantitative estimate of drug-likeness (QED) is 0.418. The Balaban J connectivity index is 1.85. The van der Waals surface area contributed by atoms with Crippen LogP contribution in [0.25, 0.3) is 0 Å². The molecule has 39 heavy (non-hydrogen) atoms. The number of para-hydroxylation sites is 2. The summed E-state index contributed by atoms with van der Waals surface area (Å²) in [6, 6.07) is 6.48. The lowest BCUT2D eigenvalue weighted by atomic mass is 10.1. The van der Waals surface area contributed by atoms with Crippen molar-refractivity contribution in [2.45, 2.75) is 25.1 Å². The van der Waals surface area contributed by atoms with Crippen LogP contribution in [0.15, 0.2) is 42.5 Å². The van der Waals surface area contributed by atoms with Crippen molar-refractivity contribution in [2.75, 3.05) is 29.9 Å². The lowest BCUT2D eigenvalue weighted by Gasteiger charge is -2.26. The molecule has 1 heterocycles. The predicted octanol–water partition coefficient (Wildman–Crippen LogP) is 3.02. The summed E-state index contributed by atoms with van der Waals surface area (Å²) in [4.78, 5) is 53.3. The Bertz CT molecular complexity index is 1280. The van der Waals surface area contributed by atoms with Crippen molar-refractivity contribution in [2.24, 2.45) is 5.92 Å². The second-order valence-electron chi connectivity index (χ2n) is 8.66. The number of rotatable bonds is 6. The third-order valence-electron chi connectivity index (χ3n) is 5.88. The van der Waals surface area contributed by atoms with Gasteiger partial charge in [0.1, 0.15) is 23.6 Å². The maximum absolute atomic E-state index is 13.8. The van der Waals surface area contributed by atoms with Gasteiger partial charge in [0, 0.05) is 18.7 Å². The number of carbonyl (C=O) groups excluding carboxylic acids is 4. The number of fused-ring (bicyclic) bond motifs is 1. The summed E-state index contributed by atoms with van der Waals surface area (Å²) in [5, 5.41) is 3.55. The highest BCUT2D eigenvalue weighted by molar-refractivity contribution is 6.13. The second kappa shape index (κ2) is 10.9. The molecule has 0 bridgehead atoms. The molecule has 2 atom stereocenters. The van der Waals surface area contributed by atoms with Crippen LogP contribution in [-0.2, 0) is 14.4 Å². The monoisotopic (exact) mass is 562 g/mol. The van der Waals surface area contributed by atoms with Gasteiger partial charge in [-0.3, -0.25) is 19.2 Å². The summed E-state index contributed by atoms with van der Waals surface area (Å²) in [6.07, 6.45) is -5.93. The van der Waals surface area contributed by atoms with E-state index in [4.69, 9.17) is 0 Å². The highest BCUT2D eigenvalue weighted by Gasteiger charge is 2.57. The normalized spacial score (nSPS) is 16.7. The Kier molecular flexibility index (Phi) is 8.22. The Morgan fingerprint density at radius 2 is 1.54 bits per heavy atom. The summed E-state index contributed by atoms with van der Waals surface area (Å²) < 4.78 is 90.9. The minimum Gasteiger partial charge on any atom is -0.349 e. The molecule has 15 heteroatoms. The smallest absolute Gasteiger partial charge is 0.349 e. The molecule has 210 valence electrons. The lowest BCUT2D eigenvalue weighted by molar-refractivity contribution is -0.278. The van der Waals surface area contributed by atoms with Crippen molar-refractivity contribution in [3.05, 3.63) is 59.7 Å². The first-order valence-corrected chi connectivity index (χ1v) is 11.2. The Hall–Kier alpha value is -4.17. The van der Waals surface area contributed by atoms with E-state index in [0.717, 1.165) is 28.9 Å². The van der Waals surface area contributed by atoms with Crippen LogP contribution in [0.1, 0.15) is 17.3 Å². The average molecular weight is 562 g/mol. The number of nitrogens with zero attached hydrogens (tertiary/aromatic N) is 2. The second-order valence-corrected chi connectivity index (χ2v) is 8.66. The highest BCUT2D eigenvalue weighted by Crippen LogP contribution is 2.35. The van der Waals surface area contributed by atoms with Crippen LogP contribution in [0, 0.1) is 17.6 Å². The molecule has 0 saturated carbocycles. The third-order valence-corrected chi connectivity index (χ3v) is 5.88. The molecule has 3 rings (SSSR count). The van der Waals surface area contributed by atoms with Crippen LogP contribution in [0.2, 0.25) is 0 Å². The van der Waals surface area contributed by atoms with Crippen LogP contribution < -0.4 is 20.4 Å². The number of hydrogen-bond donors (Lipinski definition) is 2. The fourth-order valence-electron chi connectivity index (χ4n) is 3.69. The number of alkyl halides is 5. The van der Waals surface area contributed by atoms with E-state index in [1.165, 1.54) is 36.6 Å². The summed E-state index contributed by atoms with van der Waals surface area (Å²) >= 11 is 0. The summed E-state index contributed by atoms with van der Waals surface area (Å²) in [7, 11) is 1.31. The van der Waals surface area contributed by atoms with Gasteiger partial charge in [0.15, 0.2) is 0 Å². The largest absolute Gasteiger partial charge is 0.455 e. The topological polar surface area (TPSA) is 98.8 Å². The number of halogens is 7. The molecule has 0 fully saturated rings. The van der Waals surface area contributed by atoms with Crippen molar-refractivity contribution in [3.8, 4) is 0 Å². The first-order chi connectivity index (χ1) is 18.0. The van der Waals surface area contributed by atoms with Crippen LogP contribution >= 0.6 is 0 Å². The van der Waals surface area contributed by atoms with E-state index in [9.17, 15) is 49.9 Å². The van der Waals surface area contributed by atoms with E-state index in [-0.39, 0.29) is 11.4 Å². The van der Waals surface area contributed by atoms with E-state index in [0.29, 0.717) is 6.07 Å². The maximum atomic E-state index is 13.8. The molecule has 2 N–H and O–H groups in total. The minimum atomic E-state index is -5.93. The SMILES string of the molecule is CC(C(=O)NCC(F)(F)C(F)(F)F)C(=O)NC1CN(C(=O)c2cc(F)cc(F)c2)c2ccccc2N(C)C1=O. The number of benzene rings is 2. The molecule has 1 aliphatic heterocycles. The number of likely N-dealkylation sites (N-methyl/N-ethyl adjacent to an activating group) is 1. The van der Waals surface area contributed by atoms with Crippen molar-refractivity contribution in [3.63, 3.8) is 0 Å². The average Bonchev–Trinajstić information content (AvgIpc) is 2.95. The van der Waals surface area contributed by atoms with E-state index in [1.54, 1.807) is 0 Å². The number of carbonyl (C=O) groups is 4. The van der Waals surface area contributed by atoms with Crippen molar-refractivity contribution < 1.29 is 49.9 Å². The van der Waals surface area contributed by atoms with Crippen LogP contribution in [0.4, 0.5) is 42.1 Å².